The summed E-state index contributed by atoms with van der Waals surface area (Å²) in [6.07, 6.45) is 3.09. The van der Waals surface area contributed by atoms with Crippen molar-refractivity contribution < 1.29 is 8.78 Å². The molecule has 0 saturated carbocycles. The lowest BCUT2D eigenvalue weighted by Crippen LogP contribution is -1.98. The SMILES string of the molecule is Fc1cc(-n2cc[nH]c2=S)c(F)cc1Br. The molecule has 2 aromatic rings. The van der Waals surface area contributed by atoms with Crippen molar-refractivity contribution in [1.82, 2.24) is 9.55 Å². The molecule has 0 fully saturated rings. The molecule has 0 aliphatic heterocycles. The standard InChI is InChI=1S/C9H5BrF2N2S/c10-5-3-7(12)8(4-6(5)11)14-2-1-13-9(14)15/h1-4H,(H,13,15). The second-order valence-electron chi connectivity index (χ2n) is 2.85. The number of hydrogen-bond acceptors (Lipinski definition) is 1. The molecule has 2 nitrogen and oxygen atoms in total. The van der Waals surface area contributed by atoms with Crippen LogP contribution in [0.3, 0.4) is 0 Å². The molecule has 1 aromatic heterocycles. The van der Waals surface area contributed by atoms with Crippen LogP contribution in [0.15, 0.2) is 29.0 Å². The summed E-state index contributed by atoms with van der Waals surface area (Å²) in [6.45, 7) is 0. The number of halogens is 3. The van der Waals surface area contributed by atoms with E-state index in [4.69, 9.17) is 12.2 Å². The highest BCUT2D eigenvalue weighted by Crippen LogP contribution is 2.22. The highest BCUT2D eigenvalue weighted by molar-refractivity contribution is 9.10. The highest BCUT2D eigenvalue weighted by atomic mass is 79.9. The van der Waals surface area contributed by atoms with Crippen molar-refractivity contribution in [2.24, 2.45) is 0 Å². The summed E-state index contributed by atoms with van der Waals surface area (Å²) in [5, 5.41) is 0. The van der Waals surface area contributed by atoms with Crippen LogP contribution >= 0.6 is 28.1 Å². The molecule has 0 radical (unpaired) electrons. The molecule has 2 rings (SSSR count). The average Bonchev–Trinajstić information content (AvgIpc) is 2.58. The zero-order valence-corrected chi connectivity index (χ0v) is 9.70. The van der Waals surface area contributed by atoms with E-state index >= 15 is 0 Å². The Bertz CT molecular complexity index is 561. The third kappa shape index (κ3) is 1.87. The second kappa shape index (κ2) is 3.86. The molecular weight excluding hydrogens is 286 g/mol. The second-order valence-corrected chi connectivity index (χ2v) is 4.09. The normalized spacial score (nSPS) is 10.6. The molecule has 0 aliphatic rings. The minimum atomic E-state index is -0.543. The predicted molar refractivity (Wildman–Crippen MR) is 58.6 cm³/mol. The number of benzene rings is 1. The van der Waals surface area contributed by atoms with Crippen molar-refractivity contribution in [1.29, 1.82) is 0 Å². The summed E-state index contributed by atoms with van der Waals surface area (Å²) < 4.78 is 28.5. The molecule has 0 aliphatic carbocycles. The smallest absolute Gasteiger partial charge is 0.181 e. The maximum atomic E-state index is 13.5. The Labute approximate surface area is 97.7 Å². The van der Waals surface area contributed by atoms with E-state index in [2.05, 4.69) is 20.9 Å². The van der Waals surface area contributed by atoms with Gasteiger partial charge in [-0.2, -0.15) is 0 Å². The van der Waals surface area contributed by atoms with Crippen LogP contribution in [0, 0.1) is 16.4 Å². The van der Waals surface area contributed by atoms with Crippen molar-refractivity contribution in [2.45, 2.75) is 0 Å². The summed E-state index contributed by atoms with van der Waals surface area (Å²) >= 11 is 7.81. The molecule has 1 heterocycles. The first-order valence-corrected chi connectivity index (χ1v) is 5.20. The fourth-order valence-electron chi connectivity index (χ4n) is 1.21. The first kappa shape index (κ1) is 10.5. The van der Waals surface area contributed by atoms with Crippen LogP contribution in [-0.4, -0.2) is 9.55 Å². The van der Waals surface area contributed by atoms with E-state index in [9.17, 15) is 8.78 Å². The van der Waals surface area contributed by atoms with Crippen LogP contribution in [0.25, 0.3) is 5.69 Å². The predicted octanol–water partition coefficient (Wildman–Crippen LogP) is 3.58. The van der Waals surface area contributed by atoms with E-state index in [1.165, 1.54) is 10.8 Å². The Morgan fingerprint density at radius 3 is 2.60 bits per heavy atom. The zero-order chi connectivity index (χ0) is 11.0. The molecule has 78 valence electrons. The van der Waals surface area contributed by atoms with Gasteiger partial charge in [-0.15, -0.1) is 0 Å². The number of hydrogen-bond donors (Lipinski definition) is 1. The van der Waals surface area contributed by atoms with Crippen LogP contribution in [-0.2, 0) is 0 Å². The average molecular weight is 291 g/mol. The van der Waals surface area contributed by atoms with Gasteiger partial charge in [0.25, 0.3) is 0 Å². The van der Waals surface area contributed by atoms with Gasteiger partial charge in [-0.1, -0.05) is 0 Å². The highest BCUT2D eigenvalue weighted by Gasteiger charge is 2.10. The monoisotopic (exact) mass is 290 g/mol. The van der Waals surface area contributed by atoms with E-state index in [0.29, 0.717) is 4.77 Å². The third-order valence-corrected chi connectivity index (χ3v) is 2.82. The van der Waals surface area contributed by atoms with Crippen LogP contribution < -0.4 is 0 Å². The molecule has 1 N–H and O–H groups in total. The van der Waals surface area contributed by atoms with Crippen molar-refractivity contribution in [2.75, 3.05) is 0 Å². The minimum Gasteiger partial charge on any atom is -0.337 e. The lowest BCUT2D eigenvalue weighted by Gasteiger charge is -2.05. The molecule has 0 amide bonds. The van der Waals surface area contributed by atoms with Gasteiger partial charge in [0.05, 0.1) is 10.2 Å². The third-order valence-electron chi connectivity index (χ3n) is 1.90. The number of H-pyrrole nitrogens is 1. The van der Waals surface area contributed by atoms with Crippen LogP contribution in [0.4, 0.5) is 8.78 Å². The zero-order valence-electron chi connectivity index (χ0n) is 7.30. The van der Waals surface area contributed by atoms with E-state index in [1.807, 2.05) is 0 Å². The lowest BCUT2D eigenvalue weighted by molar-refractivity contribution is 0.587. The van der Waals surface area contributed by atoms with Gasteiger partial charge in [-0.3, -0.25) is 4.57 Å². The van der Waals surface area contributed by atoms with Gasteiger partial charge >= 0.3 is 0 Å². The summed E-state index contributed by atoms with van der Waals surface area (Å²) in [6, 6.07) is 2.16. The van der Waals surface area contributed by atoms with E-state index in [1.54, 1.807) is 6.20 Å². The fourth-order valence-corrected chi connectivity index (χ4v) is 1.75. The van der Waals surface area contributed by atoms with Gasteiger partial charge in [0, 0.05) is 18.5 Å². The Morgan fingerprint density at radius 1 is 1.27 bits per heavy atom. The van der Waals surface area contributed by atoms with Crippen molar-refractivity contribution in [3.63, 3.8) is 0 Å². The Balaban J connectivity index is 2.69. The molecule has 1 aromatic carbocycles. The van der Waals surface area contributed by atoms with Gasteiger partial charge < -0.3 is 4.98 Å². The quantitative estimate of drug-likeness (QED) is 0.629. The Kier molecular flexibility index (Phi) is 2.70. The van der Waals surface area contributed by atoms with E-state index in [0.717, 1.165) is 12.1 Å². The van der Waals surface area contributed by atoms with Gasteiger partial charge in [0.15, 0.2) is 4.77 Å². The summed E-state index contributed by atoms with van der Waals surface area (Å²) in [4.78, 5) is 2.71. The summed E-state index contributed by atoms with van der Waals surface area (Å²) in [5.41, 5.74) is 0.0851. The number of imidazole rings is 1. The lowest BCUT2D eigenvalue weighted by atomic mass is 10.3. The topological polar surface area (TPSA) is 20.7 Å². The minimum absolute atomic E-state index is 0.0851. The number of rotatable bonds is 1. The van der Waals surface area contributed by atoms with Gasteiger partial charge in [-0.05, 0) is 34.2 Å². The van der Waals surface area contributed by atoms with Gasteiger partial charge in [0.1, 0.15) is 11.6 Å². The van der Waals surface area contributed by atoms with Crippen molar-refractivity contribution >= 4 is 28.1 Å². The molecule has 0 bridgehead atoms. The number of nitrogens with one attached hydrogen (secondary N) is 1. The van der Waals surface area contributed by atoms with Crippen molar-refractivity contribution in [3.05, 3.63) is 45.4 Å². The van der Waals surface area contributed by atoms with E-state index in [-0.39, 0.29) is 10.2 Å². The maximum absolute atomic E-state index is 13.5. The van der Waals surface area contributed by atoms with Gasteiger partial charge in [0.2, 0.25) is 0 Å². The Hall–Kier alpha value is -1.01. The van der Waals surface area contributed by atoms with Crippen LogP contribution in [0.1, 0.15) is 0 Å². The molecule has 0 spiro atoms. The first-order valence-electron chi connectivity index (χ1n) is 4.00. The molecule has 6 heteroatoms. The molecule has 0 atom stereocenters. The maximum Gasteiger partial charge on any atom is 0.181 e. The summed E-state index contributed by atoms with van der Waals surface area (Å²) in [7, 11) is 0. The van der Waals surface area contributed by atoms with Crippen molar-refractivity contribution in [3.8, 4) is 5.69 Å². The molecular formula is C9H5BrF2N2S. The van der Waals surface area contributed by atoms with Gasteiger partial charge in [-0.25, -0.2) is 8.78 Å². The molecule has 0 unspecified atom stereocenters. The van der Waals surface area contributed by atoms with Crippen LogP contribution in [0.5, 0.6) is 0 Å². The largest absolute Gasteiger partial charge is 0.337 e. The first-order chi connectivity index (χ1) is 7.09. The van der Waals surface area contributed by atoms with Crippen LogP contribution in [0.2, 0.25) is 0 Å². The number of aromatic amines is 1. The fraction of sp³-hybridized carbons (Fsp3) is 0. The molecule has 0 saturated heterocycles. The summed E-state index contributed by atoms with van der Waals surface area (Å²) in [5.74, 6) is -1.08. The van der Waals surface area contributed by atoms with E-state index < -0.39 is 11.6 Å². The Morgan fingerprint density at radius 2 is 2.00 bits per heavy atom. The molecule has 15 heavy (non-hydrogen) atoms. The number of aromatic nitrogens is 2. The number of nitrogens with zero attached hydrogens (tertiary/aromatic N) is 1.